The third-order valence-corrected chi connectivity index (χ3v) is 16.6. The van der Waals surface area contributed by atoms with Crippen LogP contribution in [0, 0.1) is 0 Å². The van der Waals surface area contributed by atoms with Crippen molar-refractivity contribution in [2.75, 3.05) is 38.7 Å². The number of thioether (sulfide) groups is 1. The SMILES string of the molecule is CCC(CC)(CO[Si](C)(C)C(C)(C)C)NCCC(=O)SCCOCCOP(N(C(C)C)C(C)C)N(C(C)C)C(C)C. The number of nitrogens with zero attached hydrogens (tertiary/aromatic N) is 2. The standard InChI is InChI=1S/C31H68N3O4PSSi/c1-16-31(17-2,24-38-41(14,15)30(11,12)13)32-19-18-29(35)40-23-22-36-20-21-37-39(33(25(3)4)26(5)6)34(27(7)8)28(9)10/h25-28,32H,16-24H2,1-15H3. The van der Waals surface area contributed by atoms with Gasteiger partial charge in [0.15, 0.2) is 21.9 Å². The molecule has 7 nitrogen and oxygen atoms in total. The van der Waals surface area contributed by atoms with Crippen LogP contribution in [0.5, 0.6) is 0 Å². The summed E-state index contributed by atoms with van der Waals surface area (Å²) in [6.07, 6.45) is 2.48. The molecule has 10 heteroatoms. The van der Waals surface area contributed by atoms with Crippen molar-refractivity contribution in [3.8, 4) is 0 Å². The Bertz CT molecular complexity index is 680. The summed E-state index contributed by atoms with van der Waals surface area (Å²) < 4.78 is 23.9. The third kappa shape index (κ3) is 14.8. The highest BCUT2D eigenvalue weighted by Gasteiger charge is 2.39. The second-order valence-corrected chi connectivity index (χ2v) is 21.4. The minimum atomic E-state index is -1.82. The Balaban J connectivity index is 4.61. The average Bonchev–Trinajstić information content (AvgIpc) is 2.84. The molecule has 0 aromatic heterocycles. The minimum absolute atomic E-state index is 0.0789. The molecule has 0 aromatic carbocycles. The maximum absolute atomic E-state index is 12.5. The number of hydrogen-bond acceptors (Lipinski definition) is 8. The fraction of sp³-hybridized carbons (Fsp3) is 0.968. The van der Waals surface area contributed by atoms with E-state index in [9.17, 15) is 4.79 Å². The fourth-order valence-corrected chi connectivity index (χ4v) is 8.59. The summed E-state index contributed by atoms with van der Waals surface area (Å²) in [7, 11) is -2.72. The first-order valence-electron chi connectivity index (χ1n) is 16.0. The van der Waals surface area contributed by atoms with E-state index in [0.717, 1.165) is 12.8 Å². The molecule has 0 aliphatic carbocycles. The maximum atomic E-state index is 12.5. The predicted octanol–water partition coefficient (Wildman–Crippen LogP) is 8.30. The molecule has 0 aromatic rings. The van der Waals surface area contributed by atoms with Gasteiger partial charge in [-0.3, -0.25) is 4.79 Å². The quantitative estimate of drug-likeness (QED) is 0.0723. The molecule has 0 amide bonds. The largest absolute Gasteiger partial charge is 0.415 e. The molecule has 0 saturated carbocycles. The molecule has 0 rings (SSSR count). The molecular formula is C31H68N3O4PSSi. The molecule has 246 valence electrons. The molecular weight excluding hydrogens is 569 g/mol. The molecule has 0 fully saturated rings. The van der Waals surface area contributed by atoms with Gasteiger partial charge in [0.05, 0.1) is 26.4 Å². The summed E-state index contributed by atoms with van der Waals surface area (Å²) in [5.74, 6) is 0.670. The van der Waals surface area contributed by atoms with Gasteiger partial charge in [0.25, 0.3) is 0 Å². The average molecular weight is 638 g/mol. The first-order chi connectivity index (χ1) is 18.9. The van der Waals surface area contributed by atoms with Crippen molar-refractivity contribution >= 4 is 33.6 Å². The van der Waals surface area contributed by atoms with Crippen LogP contribution in [-0.4, -0.2) is 91.2 Å². The Morgan fingerprint density at radius 1 is 0.854 bits per heavy atom. The van der Waals surface area contributed by atoms with Crippen molar-refractivity contribution < 1.29 is 18.5 Å². The Labute approximate surface area is 262 Å². The Kier molecular flexibility index (Phi) is 19.9. The van der Waals surface area contributed by atoms with Gasteiger partial charge in [-0.15, -0.1) is 0 Å². The molecule has 0 spiro atoms. The number of hydrogen-bond donors (Lipinski definition) is 1. The fourth-order valence-electron chi connectivity index (χ4n) is 4.52. The van der Waals surface area contributed by atoms with Gasteiger partial charge in [0.1, 0.15) is 0 Å². The van der Waals surface area contributed by atoms with Crippen LogP contribution in [-0.2, 0) is 18.5 Å². The van der Waals surface area contributed by atoms with Gasteiger partial charge in [-0.1, -0.05) is 46.4 Å². The van der Waals surface area contributed by atoms with Crippen molar-refractivity contribution in [3.63, 3.8) is 0 Å². The lowest BCUT2D eigenvalue weighted by Gasteiger charge is -2.45. The van der Waals surface area contributed by atoms with E-state index in [2.05, 4.69) is 118 Å². The van der Waals surface area contributed by atoms with Gasteiger partial charge in [-0.05, 0) is 86.4 Å². The van der Waals surface area contributed by atoms with E-state index in [1.807, 2.05) is 0 Å². The molecule has 0 bridgehead atoms. The zero-order valence-electron chi connectivity index (χ0n) is 29.6. The van der Waals surface area contributed by atoms with Crippen LogP contribution in [0.3, 0.4) is 0 Å². The summed E-state index contributed by atoms with van der Waals surface area (Å²) in [6, 6.07) is 1.57. The molecule has 0 aliphatic heterocycles. The van der Waals surface area contributed by atoms with Gasteiger partial charge < -0.3 is 19.0 Å². The normalized spacial score (nSPS) is 13.8. The van der Waals surface area contributed by atoms with Crippen molar-refractivity contribution in [2.24, 2.45) is 0 Å². The van der Waals surface area contributed by atoms with Gasteiger partial charge in [0.2, 0.25) is 0 Å². The lowest BCUT2D eigenvalue weighted by molar-refractivity contribution is -0.111. The van der Waals surface area contributed by atoms with Crippen molar-refractivity contribution in [1.29, 1.82) is 0 Å². The first kappa shape index (κ1) is 41.4. The zero-order valence-corrected chi connectivity index (χ0v) is 32.3. The summed E-state index contributed by atoms with van der Waals surface area (Å²) in [4.78, 5) is 12.5. The Morgan fingerprint density at radius 3 is 1.76 bits per heavy atom. The zero-order chi connectivity index (χ0) is 32.0. The summed E-state index contributed by atoms with van der Waals surface area (Å²) in [5, 5.41) is 4.07. The highest BCUT2D eigenvalue weighted by molar-refractivity contribution is 8.13. The van der Waals surface area contributed by atoms with Gasteiger partial charge in [-0.25, -0.2) is 9.34 Å². The summed E-state index contributed by atoms with van der Waals surface area (Å²) in [6.45, 7) is 36.8. The molecule has 0 radical (unpaired) electrons. The smallest absolute Gasteiger partial charge is 0.192 e. The molecule has 0 heterocycles. The number of ether oxygens (including phenoxy) is 1. The van der Waals surface area contributed by atoms with Gasteiger partial charge in [0, 0.05) is 48.4 Å². The van der Waals surface area contributed by atoms with E-state index in [4.69, 9.17) is 13.7 Å². The molecule has 0 unspecified atom stereocenters. The lowest BCUT2D eigenvalue weighted by atomic mass is 9.94. The molecule has 0 aliphatic rings. The highest BCUT2D eigenvalue weighted by atomic mass is 32.2. The van der Waals surface area contributed by atoms with Crippen LogP contribution in [0.15, 0.2) is 0 Å². The highest BCUT2D eigenvalue weighted by Crippen LogP contribution is 2.50. The topological polar surface area (TPSA) is 63.3 Å². The van der Waals surface area contributed by atoms with Crippen molar-refractivity contribution in [3.05, 3.63) is 0 Å². The van der Waals surface area contributed by atoms with Gasteiger partial charge >= 0.3 is 0 Å². The summed E-state index contributed by atoms with van der Waals surface area (Å²) in [5.41, 5.74) is -0.0789. The molecule has 1 N–H and O–H groups in total. The number of rotatable bonds is 22. The van der Waals surface area contributed by atoms with E-state index in [1.54, 1.807) is 0 Å². The number of carbonyl (C=O) groups is 1. The maximum Gasteiger partial charge on any atom is 0.192 e. The second kappa shape index (κ2) is 19.7. The minimum Gasteiger partial charge on any atom is -0.415 e. The molecule has 0 atom stereocenters. The monoisotopic (exact) mass is 637 g/mol. The number of nitrogens with one attached hydrogen (secondary N) is 1. The van der Waals surface area contributed by atoms with Crippen LogP contribution in [0.4, 0.5) is 0 Å². The van der Waals surface area contributed by atoms with Crippen LogP contribution >= 0.6 is 20.2 Å². The van der Waals surface area contributed by atoms with Crippen molar-refractivity contribution in [2.45, 2.75) is 157 Å². The summed E-state index contributed by atoms with van der Waals surface area (Å²) >= 11 is 1.37. The van der Waals surface area contributed by atoms with Gasteiger partial charge in [-0.2, -0.15) is 0 Å². The first-order valence-corrected chi connectivity index (χ1v) is 21.0. The van der Waals surface area contributed by atoms with Crippen molar-refractivity contribution in [1.82, 2.24) is 14.7 Å². The van der Waals surface area contributed by atoms with E-state index in [0.29, 0.717) is 69.3 Å². The predicted molar refractivity (Wildman–Crippen MR) is 184 cm³/mol. The third-order valence-electron chi connectivity index (χ3n) is 8.13. The lowest BCUT2D eigenvalue weighted by Crippen LogP contribution is -2.53. The molecule has 41 heavy (non-hydrogen) atoms. The van der Waals surface area contributed by atoms with Crippen LogP contribution in [0.2, 0.25) is 18.1 Å². The number of carbonyl (C=O) groups excluding carboxylic acids is 1. The van der Waals surface area contributed by atoms with E-state index >= 15 is 0 Å². The van der Waals surface area contributed by atoms with Crippen LogP contribution in [0.25, 0.3) is 0 Å². The Morgan fingerprint density at radius 2 is 1.34 bits per heavy atom. The van der Waals surface area contributed by atoms with Crippen LogP contribution < -0.4 is 5.32 Å². The van der Waals surface area contributed by atoms with E-state index in [-0.39, 0.29) is 15.7 Å². The Hall–Kier alpha value is 0.427. The van der Waals surface area contributed by atoms with E-state index in [1.165, 1.54) is 11.8 Å². The molecule has 0 saturated heterocycles. The van der Waals surface area contributed by atoms with E-state index < -0.39 is 16.8 Å². The second-order valence-electron chi connectivity index (χ2n) is 13.8. The van der Waals surface area contributed by atoms with Crippen LogP contribution in [0.1, 0.15) is 109 Å².